The molecule has 0 aliphatic rings. The Morgan fingerprint density at radius 1 is 1.40 bits per heavy atom. The molecule has 0 saturated carbocycles. The van der Waals surface area contributed by atoms with Crippen LogP contribution in [0.4, 0.5) is 4.39 Å². The average molecular weight is 275 g/mol. The van der Waals surface area contributed by atoms with Crippen molar-refractivity contribution in [3.8, 4) is 0 Å². The van der Waals surface area contributed by atoms with Gasteiger partial charge in [0.1, 0.15) is 5.82 Å². The maximum absolute atomic E-state index is 12.4. The van der Waals surface area contributed by atoms with Crippen LogP contribution in [0.25, 0.3) is 0 Å². The van der Waals surface area contributed by atoms with Gasteiger partial charge in [-0.2, -0.15) is 0 Å². The summed E-state index contributed by atoms with van der Waals surface area (Å²) >= 11 is 8.48. The van der Waals surface area contributed by atoms with E-state index in [9.17, 15) is 4.39 Å². The van der Waals surface area contributed by atoms with Gasteiger partial charge in [0.25, 0.3) is 0 Å². The summed E-state index contributed by atoms with van der Waals surface area (Å²) in [4.78, 5) is 0. The van der Waals surface area contributed by atoms with Crippen molar-refractivity contribution in [3.63, 3.8) is 0 Å². The molecule has 10 heavy (non-hydrogen) atoms. The predicted molar refractivity (Wildman–Crippen MR) is 39.1 cm³/mol. The number of halogens is 3. The van der Waals surface area contributed by atoms with E-state index >= 15 is 0 Å². The molecule has 0 aliphatic carbocycles. The molecule has 0 amide bonds. The Bertz CT molecular complexity index is 229. The van der Waals surface area contributed by atoms with E-state index in [1.807, 2.05) is 0 Å². The third kappa shape index (κ3) is 2.65. The van der Waals surface area contributed by atoms with Gasteiger partial charge >= 0.3 is 0 Å². The molecule has 0 nitrogen and oxygen atoms in total. The van der Waals surface area contributed by atoms with Gasteiger partial charge in [0.15, 0.2) is 0 Å². The summed E-state index contributed by atoms with van der Waals surface area (Å²) < 4.78 is 13.1. The van der Waals surface area contributed by atoms with E-state index in [0.717, 1.165) is 0 Å². The molecule has 0 aliphatic heterocycles. The van der Waals surface area contributed by atoms with Crippen molar-refractivity contribution in [2.75, 3.05) is 0 Å². The summed E-state index contributed by atoms with van der Waals surface area (Å²) in [6, 6.07) is 4.51. The van der Waals surface area contributed by atoms with Crippen molar-refractivity contribution in [2.24, 2.45) is 0 Å². The first-order valence-electron chi connectivity index (χ1n) is 2.30. The van der Waals surface area contributed by atoms with Gasteiger partial charge in [0, 0.05) is 24.0 Å². The molecule has 0 heterocycles. The molecular formula is C6H3BrClFZn. The Morgan fingerprint density at radius 2 is 2.00 bits per heavy atom. The SMILES string of the molecule is Fc1cc(Br)ccc1Cl.[Zn]. The van der Waals surface area contributed by atoms with Gasteiger partial charge in [-0.05, 0) is 18.2 Å². The standard InChI is InChI=1S/C6H3BrClF.Zn/c7-4-1-2-5(8)6(9)3-4;/h1-3H;. The molecule has 0 N–H and O–H groups in total. The van der Waals surface area contributed by atoms with Crippen molar-refractivity contribution in [1.82, 2.24) is 0 Å². The number of rotatable bonds is 0. The Morgan fingerprint density at radius 3 is 2.40 bits per heavy atom. The average Bonchev–Trinajstić information content (AvgIpc) is 1.80. The molecule has 0 saturated heterocycles. The first kappa shape index (κ1) is 10.5. The summed E-state index contributed by atoms with van der Waals surface area (Å²) in [5, 5.41) is 0.151. The fourth-order valence-electron chi connectivity index (χ4n) is 0.470. The zero-order valence-electron chi connectivity index (χ0n) is 5.07. The number of hydrogen-bond donors (Lipinski definition) is 0. The van der Waals surface area contributed by atoms with Gasteiger partial charge < -0.3 is 0 Å². The van der Waals surface area contributed by atoms with Crippen LogP contribution in [0.1, 0.15) is 0 Å². The largest absolute Gasteiger partial charge is 0.205 e. The molecule has 50 valence electrons. The normalized spacial score (nSPS) is 8.70. The molecule has 1 rings (SSSR count). The number of hydrogen-bond acceptors (Lipinski definition) is 0. The minimum atomic E-state index is -0.397. The smallest absolute Gasteiger partial charge is 0.142 e. The maximum atomic E-state index is 12.4. The summed E-state index contributed by atoms with van der Waals surface area (Å²) in [5.74, 6) is -0.397. The van der Waals surface area contributed by atoms with Crippen LogP contribution in [0.3, 0.4) is 0 Å². The van der Waals surface area contributed by atoms with Crippen LogP contribution in [-0.2, 0) is 19.5 Å². The second-order valence-corrected chi connectivity index (χ2v) is 2.88. The van der Waals surface area contributed by atoms with Gasteiger partial charge in [0.2, 0.25) is 0 Å². The Kier molecular flexibility index (Phi) is 4.67. The molecule has 0 bridgehead atoms. The van der Waals surface area contributed by atoms with Crippen molar-refractivity contribution in [3.05, 3.63) is 33.5 Å². The monoisotopic (exact) mass is 272 g/mol. The van der Waals surface area contributed by atoms with Crippen LogP contribution in [0.15, 0.2) is 22.7 Å². The zero-order chi connectivity index (χ0) is 6.85. The summed E-state index contributed by atoms with van der Waals surface area (Å²) in [6.07, 6.45) is 0. The molecule has 1 aromatic carbocycles. The van der Waals surface area contributed by atoms with Crippen molar-refractivity contribution in [1.29, 1.82) is 0 Å². The second-order valence-electron chi connectivity index (χ2n) is 1.56. The van der Waals surface area contributed by atoms with E-state index in [1.165, 1.54) is 12.1 Å². The van der Waals surface area contributed by atoms with Crippen LogP contribution < -0.4 is 0 Å². The van der Waals surface area contributed by atoms with Gasteiger partial charge in [-0.1, -0.05) is 27.5 Å². The molecule has 0 spiro atoms. The second kappa shape index (κ2) is 4.43. The third-order valence-electron chi connectivity index (χ3n) is 0.882. The third-order valence-corrected chi connectivity index (χ3v) is 1.68. The first-order valence-corrected chi connectivity index (χ1v) is 3.48. The van der Waals surface area contributed by atoms with E-state index in [0.29, 0.717) is 4.47 Å². The van der Waals surface area contributed by atoms with Crippen molar-refractivity contribution >= 4 is 27.5 Å². The van der Waals surface area contributed by atoms with Crippen LogP contribution in [0.5, 0.6) is 0 Å². The summed E-state index contributed by atoms with van der Waals surface area (Å²) in [7, 11) is 0. The molecule has 0 radical (unpaired) electrons. The van der Waals surface area contributed by atoms with E-state index < -0.39 is 5.82 Å². The van der Waals surface area contributed by atoms with Gasteiger partial charge in [0.05, 0.1) is 5.02 Å². The molecule has 0 fully saturated rings. The van der Waals surface area contributed by atoms with Crippen LogP contribution in [0.2, 0.25) is 5.02 Å². The van der Waals surface area contributed by atoms with E-state index in [1.54, 1.807) is 6.07 Å². The fraction of sp³-hybridized carbons (Fsp3) is 0. The molecule has 0 aromatic heterocycles. The van der Waals surface area contributed by atoms with E-state index in [-0.39, 0.29) is 24.5 Å². The number of benzene rings is 1. The van der Waals surface area contributed by atoms with Crippen molar-refractivity contribution < 1.29 is 23.9 Å². The quantitative estimate of drug-likeness (QED) is 0.503. The van der Waals surface area contributed by atoms with E-state index in [2.05, 4.69) is 15.9 Å². The topological polar surface area (TPSA) is 0 Å². The fourth-order valence-corrected chi connectivity index (χ4v) is 0.921. The minimum Gasteiger partial charge on any atom is -0.205 e. The van der Waals surface area contributed by atoms with Crippen LogP contribution in [-0.4, -0.2) is 0 Å². The molecule has 4 heteroatoms. The predicted octanol–water partition coefficient (Wildman–Crippen LogP) is 3.24. The van der Waals surface area contributed by atoms with Gasteiger partial charge in [-0.25, -0.2) is 4.39 Å². The summed E-state index contributed by atoms with van der Waals surface area (Å²) in [6.45, 7) is 0. The maximum Gasteiger partial charge on any atom is 0.142 e. The first-order chi connectivity index (χ1) is 4.20. The molecule has 0 atom stereocenters. The molecular weight excluding hydrogens is 272 g/mol. The van der Waals surface area contributed by atoms with E-state index in [4.69, 9.17) is 11.6 Å². The van der Waals surface area contributed by atoms with Gasteiger partial charge in [-0.15, -0.1) is 0 Å². The Hall–Kier alpha value is 0.543. The molecule has 1 aromatic rings. The van der Waals surface area contributed by atoms with Crippen LogP contribution in [0, 0.1) is 5.82 Å². The van der Waals surface area contributed by atoms with Gasteiger partial charge in [-0.3, -0.25) is 0 Å². The Balaban J connectivity index is 0.000000810. The Labute approximate surface area is 84.7 Å². The minimum absolute atomic E-state index is 0. The molecule has 0 unspecified atom stereocenters. The zero-order valence-corrected chi connectivity index (χ0v) is 10.4. The summed E-state index contributed by atoms with van der Waals surface area (Å²) in [5.41, 5.74) is 0. The van der Waals surface area contributed by atoms with Crippen molar-refractivity contribution in [2.45, 2.75) is 0 Å². The van der Waals surface area contributed by atoms with Crippen LogP contribution >= 0.6 is 27.5 Å².